The number of aromatic nitrogens is 1. The van der Waals surface area contributed by atoms with Gasteiger partial charge in [-0.1, -0.05) is 6.08 Å². The predicted octanol–water partition coefficient (Wildman–Crippen LogP) is 0.958. The number of β-amino-alcohol motifs (C(OH)–C–C–N with tert-alkyl or cyclic N) is 1. The molecule has 19 heavy (non-hydrogen) atoms. The quantitative estimate of drug-likeness (QED) is 0.792. The summed E-state index contributed by atoms with van der Waals surface area (Å²) in [5, 5.41) is 12.6. The van der Waals surface area contributed by atoms with Crippen molar-refractivity contribution in [2.24, 2.45) is 0 Å². The van der Waals surface area contributed by atoms with Crippen molar-refractivity contribution in [3.63, 3.8) is 0 Å². The molecule has 0 radical (unpaired) electrons. The van der Waals surface area contributed by atoms with Crippen LogP contribution in [0.5, 0.6) is 0 Å². The lowest BCUT2D eigenvalue weighted by Gasteiger charge is -2.19. The third-order valence-corrected chi connectivity index (χ3v) is 3.19. The van der Waals surface area contributed by atoms with Gasteiger partial charge in [-0.3, -0.25) is 4.79 Å². The second kappa shape index (κ2) is 5.40. The second-order valence-corrected chi connectivity index (χ2v) is 5.07. The Morgan fingerprint density at radius 2 is 2.47 bits per heavy atom. The van der Waals surface area contributed by atoms with Gasteiger partial charge in [0, 0.05) is 25.8 Å². The number of rotatable bonds is 4. The van der Waals surface area contributed by atoms with E-state index in [4.69, 9.17) is 0 Å². The summed E-state index contributed by atoms with van der Waals surface area (Å²) in [6.07, 6.45) is 3.92. The second-order valence-electron chi connectivity index (χ2n) is 5.07. The van der Waals surface area contributed by atoms with E-state index in [0.717, 1.165) is 18.8 Å². The van der Waals surface area contributed by atoms with Crippen LogP contribution in [-0.2, 0) is 0 Å². The Balaban J connectivity index is 2.02. The summed E-state index contributed by atoms with van der Waals surface area (Å²) in [5.41, 5.74) is -0.127. The van der Waals surface area contributed by atoms with Crippen molar-refractivity contribution >= 4 is 11.7 Å². The Hall–Kier alpha value is -1.88. The first kappa shape index (κ1) is 13.5. The first-order valence-electron chi connectivity index (χ1n) is 6.34. The highest BCUT2D eigenvalue weighted by Crippen LogP contribution is 2.24. The Kier molecular flexibility index (Phi) is 3.85. The molecule has 1 amide bonds. The van der Waals surface area contributed by atoms with E-state index in [1.807, 2.05) is 17.9 Å². The van der Waals surface area contributed by atoms with E-state index in [0.29, 0.717) is 18.7 Å². The molecule has 1 aliphatic heterocycles. The fraction of sp³-hybridized carbons (Fsp3) is 0.429. The minimum atomic E-state index is -0.651. The van der Waals surface area contributed by atoms with Crippen LogP contribution in [0, 0.1) is 0 Å². The van der Waals surface area contributed by atoms with Crippen LogP contribution in [0.4, 0.5) is 5.82 Å². The molecule has 1 aromatic rings. The predicted molar refractivity (Wildman–Crippen MR) is 74.2 cm³/mol. The van der Waals surface area contributed by atoms with Crippen molar-refractivity contribution in [1.29, 1.82) is 0 Å². The van der Waals surface area contributed by atoms with Crippen LogP contribution in [0.15, 0.2) is 31.0 Å². The van der Waals surface area contributed by atoms with Gasteiger partial charge in [0.25, 0.3) is 5.91 Å². The minimum Gasteiger partial charge on any atom is -0.388 e. The van der Waals surface area contributed by atoms with Crippen LogP contribution in [-0.4, -0.2) is 41.2 Å². The molecule has 1 aliphatic rings. The maximum absolute atomic E-state index is 11.7. The molecule has 1 saturated heterocycles. The number of hydrogen-bond acceptors (Lipinski definition) is 4. The Morgan fingerprint density at radius 1 is 1.68 bits per heavy atom. The number of nitrogens with zero attached hydrogens (tertiary/aromatic N) is 2. The highest BCUT2D eigenvalue weighted by molar-refractivity contribution is 5.94. The molecule has 0 bridgehead atoms. The largest absolute Gasteiger partial charge is 0.388 e. The molecule has 5 nitrogen and oxygen atoms in total. The van der Waals surface area contributed by atoms with Gasteiger partial charge in [0.1, 0.15) is 5.82 Å². The summed E-state index contributed by atoms with van der Waals surface area (Å²) < 4.78 is 0. The number of carbonyl (C=O) groups is 1. The number of carbonyl (C=O) groups excluding carboxylic acids is 1. The molecule has 5 heteroatoms. The molecule has 102 valence electrons. The molecule has 2 heterocycles. The summed E-state index contributed by atoms with van der Waals surface area (Å²) in [7, 11) is 0. The molecule has 0 aromatic carbocycles. The third-order valence-electron chi connectivity index (χ3n) is 3.19. The van der Waals surface area contributed by atoms with Gasteiger partial charge in [0.15, 0.2) is 0 Å². The number of amides is 1. The van der Waals surface area contributed by atoms with Gasteiger partial charge in [0.05, 0.1) is 11.2 Å². The van der Waals surface area contributed by atoms with Gasteiger partial charge in [0.2, 0.25) is 0 Å². The summed E-state index contributed by atoms with van der Waals surface area (Å²) >= 11 is 0. The fourth-order valence-electron chi connectivity index (χ4n) is 2.12. The van der Waals surface area contributed by atoms with Crippen LogP contribution >= 0.6 is 0 Å². The zero-order valence-corrected chi connectivity index (χ0v) is 11.1. The van der Waals surface area contributed by atoms with Crippen molar-refractivity contribution in [3.05, 3.63) is 36.5 Å². The minimum absolute atomic E-state index is 0.160. The first-order chi connectivity index (χ1) is 9.02. The molecule has 2 N–H and O–H groups in total. The molecule has 1 unspecified atom stereocenters. The lowest BCUT2D eigenvalue weighted by molar-refractivity contribution is 0.0838. The topological polar surface area (TPSA) is 65.5 Å². The van der Waals surface area contributed by atoms with E-state index in [9.17, 15) is 9.90 Å². The Bertz CT molecular complexity index is 468. The average molecular weight is 261 g/mol. The van der Waals surface area contributed by atoms with Crippen molar-refractivity contribution in [3.8, 4) is 0 Å². The lowest BCUT2D eigenvalue weighted by atomic mass is 10.1. The molecule has 0 saturated carbocycles. The Labute approximate surface area is 113 Å². The molecule has 1 aromatic heterocycles. The normalized spacial score (nSPS) is 22.3. The van der Waals surface area contributed by atoms with Gasteiger partial charge in [-0.25, -0.2) is 4.98 Å². The maximum Gasteiger partial charge on any atom is 0.253 e. The zero-order chi connectivity index (χ0) is 13.9. The van der Waals surface area contributed by atoms with Crippen LogP contribution in [0.1, 0.15) is 23.7 Å². The van der Waals surface area contributed by atoms with Gasteiger partial charge < -0.3 is 15.3 Å². The molecular weight excluding hydrogens is 242 g/mol. The first-order valence-corrected chi connectivity index (χ1v) is 6.34. The number of nitrogens with one attached hydrogen (secondary N) is 1. The smallest absolute Gasteiger partial charge is 0.253 e. The molecule has 2 rings (SSSR count). The maximum atomic E-state index is 11.7. The van der Waals surface area contributed by atoms with Gasteiger partial charge in [-0.15, -0.1) is 6.58 Å². The van der Waals surface area contributed by atoms with E-state index in [2.05, 4.69) is 16.9 Å². The fourth-order valence-corrected chi connectivity index (χ4v) is 2.12. The molecule has 1 atom stereocenters. The summed E-state index contributed by atoms with van der Waals surface area (Å²) in [6.45, 7) is 7.16. The van der Waals surface area contributed by atoms with Crippen molar-refractivity contribution < 1.29 is 9.90 Å². The van der Waals surface area contributed by atoms with Crippen LogP contribution in [0.2, 0.25) is 0 Å². The van der Waals surface area contributed by atoms with Crippen molar-refractivity contribution in [1.82, 2.24) is 10.3 Å². The average Bonchev–Trinajstić information content (AvgIpc) is 2.76. The molecule has 0 aliphatic carbocycles. The van der Waals surface area contributed by atoms with E-state index in [1.165, 1.54) is 0 Å². The molecule has 0 spiro atoms. The summed E-state index contributed by atoms with van der Waals surface area (Å²) in [5.74, 6) is 0.630. The van der Waals surface area contributed by atoms with E-state index in [-0.39, 0.29) is 5.91 Å². The zero-order valence-electron chi connectivity index (χ0n) is 11.1. The van der Waals surface area contributed by atoms with E-state index >= 15 is 0 Å². The van der Waals surface area contributed by atoms with Gasteiger partial charge in [-0.05, 0) is 25.5 Å². The Morgan fingerprint density at radius 3 is 3.00 bits per heavy atom. The number of aliphatic hydroxyl groups is 1. The van der Waals surface area contributed by atoms with Gasteiger partial charge in [-0.2, -0.15) is 0 Å². The van der Waals surface area contributed by atoms with Gasteiger partial charge >= 0.3 is 0 Å². The molecule has 1 fully saturated rings. The summed E-state index contributed by atoms with van der Waals surface area (Å²) in [6, 6.07) is 3.55. The van der Waals surface area contributed by atoms with Crippen LogP contribution in [0.25, 0.3) is 0 Å². The third kappa shape index (κ3) is 3.32. The SMILES string of the molecule is C=CCNC(=O)c1ccc(N2CCC(C)(O)C2)nc1. The van der Waals surface area contributed by atoms with E-state index in [1.54, 1.807) is 18.3 Å². The van der Waals surface area contributed by atoms with Crippen molar-refractivity contribution in [2.75, 3.05) is 24.5 Å². The van der Waals surface area contributed by atoms with Crippen molar-refractivity contribution in [2.45, 2.75) is 18.9 Å². The standard InChI is InChI=1S/C14H19N3O2/c1-3-7-15-13(18)11-4-5-12(16-9-11)17-8-6-14(2,19)10-17/h3-5,9,19H,1,6-8,10H2,2H3,(H,15,18). The summed E-state index contributed by atoms with van der Waals surface area (Å²) in [4.78, 5) is 18.0. The number of pyridine rings is 1. The lowest BCUT2D eigenvalue weighted by Crippen LogP contribution is -2.30. The molecular formula is C14H19N3O2. The number of hydrogen-bond donors (Lipinski definition) is 2. The van der Waals surface area contributed by atoms with Crippen LogP contribution in [0.3, 0.4) is 0 Å². The highest BCUT2D eigenvalue weighted by Gasteiger charge is 2.31. The number of anilines is 1. The monoisotopic (exact) mass is 261 g/mol. The van der Waals surface area contributed by atoms with Crippen LogP contribution < -0.4 is 10.2 Å². The van der Waals surface area contributed by atoms with E-state index < -0.39 is 5.60 Å². The highest BCUT2D eigenvalue weighted by atomic mass is 16.3.